The molecule has 2 saturated heterocycles. The van der Waals surface area contributed by atoms with E-state index in [1.807, 2.05) is 25.1 Å². The van der Waals surface area contributed by atoms with E-state index in [1.165, 1.54) is 16.9 Å². The number of amides is 2. The van der Waals surface area contributed by atoms with Crippen molar-refractivity contribution in [3.8, 4) is 0 Å². The van der Waals surface area contributed by atoms with E-state index in [4.69, 9.17) is 5.73 Å². The van der Waals surface area contributed by atoms with Gasteiger partial charge in [-0.3, -0.25) is 9.59 Å². The van der Waals surface area contributed by atoms with E-state index >= 15 is 0 Å². The average molecular weight is 453 g/mol. The number of carbonyl (C=O) groups excluding carboxylic acids is 2. The topological polar surface area (TPSA) is 79.5 Å². The summed E-state index contributed by atoms with van der Waals surface area (Å²) in [6.07, 6.45) is 5.90. The van der Waals surface area contributed by atoms with Gasteiger partial charge in [-0.25, -0.2) is 4.98 Å². The summed E-state index contributed by atoms with van der Waals surface area (Å²) in [7, 11) is 0. The highest BCUT2D eigenvalue weighted by molar-refractivity contribution is 7.17. The van der Waals surface area contributed by atoms with Crippen LogP contribution in [0.15, 0.2) is 30.3 Å². The van der Waals surface area contributed by atoms with Crippen molar-refractivity contribution >= 4 is 28.3 Å². The van der Waals surface area contributed by atoms with Gasteiger partial charge in [-0.2, -0.15) is 0 Å². The molecule has 0 unspecified atom stereocenters. The lowest BCUT2D eigenvalue weighted by atomic mass is 9.69. The van der Waals surface area contributed by atoms with Gasteiger partial charge in [-0.05, 0) is 38.2 Å². The van der Waals surface area contributed by atoms with E-state index < -0.39 is 0 Å². The second-order valence-electron chi connectivity index (χ2n) is 9.96. The molecule has 0 radical (unpaired) electrons. The van der Waals surface area contributed by atoms with E-state index in [-0.39, 0.29) is 41.4 Å². The lowest BCUT2D eigenvalue weighted by Gasteiger charge is -2.50. The number of hydrogen-bond donors (Lipinski definition) is 1. The zero-order valence-electron chi connectivity index (χ0n) is 19.1. The molecular weight excluding hydrogens is 420 g/mol. The van der Waals surface area contributed by atoms with Crippen LogP contribution in [0.4, 0.5) is 5.13 Å². The van der Waals surface area contributed by atoms with E-state index in [0.717, 1.165) is 38.5 Å². The minimum absolute atomic E-state index is 0.00122. The number of piperidine rings is 1. The highest BCUT2D eigenvalue weighted by Gasteiger charge is 2.63. The number of likely N-dealkylation sites (tertiary alicyclic amines) is 2. The number of aryl methyl sites for hydroxylation is 1. The summed E-state index contributed by atoms with van der Waals surface area (Å²) < 4.78 is 0. The Bertz CT molecular complexity index is 1040. The SMILES string of the molecule is CC(=O)N1[C@@H](Cc2ccccc2)[C@@H]2C[C@@]3(C)[C@H](CCCC[C@@H]13)N2C(=O)c1sc(N)nc1C. The normalized spacial score (nSPS) is 31.5. The molecule has 3 fully saturated rings. The molecule has 0 spiro atoms. The smallest absolute Gasteiger partial charge is 0.266 e. The first-order chi connectivity index (χ1) is 15.3. The molecule has 2 aromatic rings. The highest BCUT2D eigenvalue weighted by atomic mass is 32.1. The third-order valence-electron chi connectivity index (χ3n) is 8.10. The van der Waals surface area contributed by atoms with Crippen LogP contribution >= 0.6 is 11.3 Å². The molecule has 170 valence electrons. The maximum atomic E-state index is 14.0. The van der Waals surface area contributed by atoms with Crippen LogP contribution in [-0.2, 0) is 11.2 Å². The van der Waals surface area contributed by atoms with Crippen LogP contribution in [0.1, 0.15) is 66.9 Å². The van der Waals surface area contributed by atoms with Gasteiger partial charge in [0.1, 0.15) is 4.88 Å². The number of nitrogen functional groups attached to an aromatic ring is 1. The van der Waals surface area contributed by atoms with E-state index in [1.54, 1.807) is 6.92 Å². The van der Waals surface area contributed by atoms with Crippen LogP contribution in [0, 0.1) is 12.3 Å². The van der Waals surface area contributed by atoms with Gasteiger partial charge < -0.3 is 15.5 Å². The first kappa shape index (κ1) is 21.4. The van der Waals surface area contributed by atoms with Gasteiger partial charge in [0, 0.05) is 24.4 Å². The van der Waals surface area contributed by atoms with Crippen molar-refractivity contribution in [2.24, 2.45) is 5.41 Å². The molecular formula is C25H32N4O2S. The Morgan fingerprint density at radius 1 is 1.16 bits per heavy atom. The Labute approximate surface area is 193 Å². The first-order valence-electron chi connectivity index (χ1n) is 11.7. The van der Waals surface area contributed by atoms with E-state index in [2.05, 4.69) is 33.8 Å². The van der Waals surface area contributed by atoms with Gasteiger partial charge in [0.25, 0.3) is 5.91 Å². The van der Waals surface area contributed by atoms with Crippen molar-refractivity contribution in [3.05, 3.63) is 46.5 Å². The number of hydrogen-bond acceptors (Lipinski definition) is 5. The van der Waals surface area contributed by atoms with Crippen molar-refractivity contribution in [1.82, 2.24) is 14.8 Å². The fourth-order valence-electron chi connectivity index (χ4n) is 6.83. The lowest BCUT2D eigenvalue weighted by Crippen LogP contribution is -2.61. The molecule has 2 N–H and O–H groups in total. The Hall–Kier alpha value is -2.41. The van der Waals surface area contributed by atoms with Crippen LogP contribution in [0.5, 0.6) is 0 Å². The van der Waals surface area contributed by atoms with Gasteiger partial charge in [-0.1, -0.05) is 61.4 Å². The van der Waals surface area contributed by atoms with E-state index in [0.29, 0.717) is 15.7 Å². The van der Waals surface area contributed by atoms with E-state index in [9.17, 15) is 9.59 Å². The van der Waals surface area contributed by atoms with Gasteiger partial charge in [0.05, 0.1) is 17.8 Å². The summed E-state index contributed by atoms with van der Waals surface area (Å²) in [5.74, 6) is 0.166. The lowest BCUT2D eigenvalue weighted by molar-refractivity contribution is -0.141. The van der Waals surface area contributed by atoms with Crippen LogP contribution in [-0.4, -0.2) is 50.8 Å². The number of thiazole rings is 1. The number of nitrogens with two attached hydrogens (primary N) is 1. The highest BCUT2D eigenvalue weighted by Crippen LogP contribution is 2.56. The summed E-state index contributed by atoms with van der Waals surface area (Å²) in [5, 5.41) is 0.434. The molecule has 1 aromatic carbocycles. The number of rotatable bonds is 3. The van der Waals surface area contributed by atoms with Crippen LogP contribution in [0.2, 0.25) is 0 Å². The number of aromatic nitrogens is 1. The third kappa shape index (κ3) is 3.24. The predicted molar refractivity (Wildman–Crippen MR) is 126 cm³/mol. The summed E-state index contributed by atoms with van der Waals surface area (Å²) in [5.41, 5.74) is 7.78. The maximum Gasteiger partial charge on any atom is 0.266 e. The largest absolute Gasteiger partial charge is 0.375 e. The number of fused-ring (bicyclic) bond motifs is 1. The second kappa shape index (κ2) is 7.87. The Balaban J connectivity index is 1.62. The van der Waals surface area contributed by atoms with Gasteiger partial charge in [0.15, 0.2) is 5.13 Å². The zero-order chi connectivity index (χ0) is 22.6. The predicted octanol–water partition coefficient (Wildman–Crippen LogP) is 4.04. The summed E-state index contributed by atoms with van der Waals surface area (Å²) in [4.78, 5) is 36.3. The van der Waals surface area contributed by atoms with Crippen molar-refractivity contribution in [3.63, 3.8) is 0 Å². The molecule has 5 atom stereocenters. The van der Waals surface area contributed by atoms with Gasteiger partial charge in [-0.15, -0.1) is 0 Å². The minimum atomic E-state index is -0.0835. The summed E-state index contributed by atoms with van der Waals surface area (Å²) in [6.45, 7) is 5.88. The molecule has 1 aromatic heterocycles. The molecule has 2 bridgehead atoms. The molecule has 7 heteroatoms. The number of carbonyl (C=O) groups is 2. The van der Waals surface area contributed by atoms with Crippen LogP contribution in [0.3, 0.4) is 0 Å². The minimum Gasteiger partial charge on any atom is -0.375 e. The summed E-state index contributed by atoms with van der Waals surface area (Å²) in [6, 6.07) is 10.6. The molecule has 1 saturated carbocycles. The Morgan fingerprint density at radius 3 is 2.41 bits per heavy atom. The average Bonchev–Trinajstić information content (AvgIpc) is 3.16. The maximum absolute atomic E-state index is 14.0. The molecule has 2 aliphatic heterocycles. The van der Waals surface area contributed by atoms with Gasteiger partial charge in [0.2, 0.25) is 5.91 Å². The third-order valence-corrected chi connectivity index (χ3v) is 9.07. The quantitative estimate of drug-likeness (QED) is 0.762. The number of nitrogens with zero attached hydrogens (tertiary/aromatic N) is 3. The Kier molecular flexibility index (Phi) is 5.27. The fraction of sp³-hybridized carbons (Fsp3) is 0.560. The number of benzene rings is 1. The molecule has 2 amide bonds. The van der Waals surface area contributed by atoms with Gasteiger partial charge >= 0.3 is 0 Å². The second-order valence-corrected chi connectivity index (χ2v) is 11.0. The molecule has 6 nitrogen and oxygen atoms in total. The van der Waals surface area contributed by atoms with Crippen LogP contribution in [0.25, 0.3) is 0 Å². The summed E-state index contributed by atoms with van der Waals surface area (Å²) >= 11 is 1.29. The monoisotopic (exact) mass is 452 g/mol. The zero-order valence-corrected chi connectivity index (χ0v) is 19.9. The molecule has 5 rings (SSSR count). The first-order valence-corrected chi connectivity index (χ1v) is 12.5. The molecule has 3 heterocycles. The molecule has 3 aliphatic rings. The standard InChI is InChI=1S/C25H32N4O2S/c1-15-22(32-24(26)27-15)23(31)29-19-14-25(3)20(11-7-8-12-21(25)29)28(16(2)30)18(19)13-17-9-5-4-6-10-17/h4-6,9-10,18-21H,7-8,11-14H2,1-3H3,(H2,26,27)/t18-,19-,20+,21-,25+/m0/s1. The molecule has 32 heavy (non-hydrogen) atoms. The Morgan fingerprint density at radius 2 is 1.81 bits per heavy atom. The fourth-order valence-corrected chi connectivity index (χ4v) is 7.61. The van der Waals surface area contributed by atoms with Crippen molar-refractivity contribution < 1.29 is 9.59 Å². The van der Waals surface area contributed by atoms with Crippen LogP contribution < -0.4 is 5.73 Å². The van der Waals surface area contributed by atoms with Crippen molar-refractivity contribution in [2.45, 2.75) is 83.5 Å². The molecule has 1 aliphatic carbocycles. The van der Waals surface area contributed by atoms with Crippen molar-refractivity contribution in [2.75, 3.05) is 5.73 Å². The number of anilines is 1. The van der Waals surface area contributed by atoms with Crippen molar-refractivity contribution in [1.29, 1.82) is 0 Å².